The Bertz CT molecular complexity index is 1530. The van der Waals surface area contributed by atoms with Crippen LogP contribution in [0.5, 0.6) is 5.75 Å². The fourth-order valence-electron chi connectivity index (χ4n) is 4.56. The van der Waals surface area contributed by atoms with Gasteiger partial charge in [-0.25, -0.2) is 9.29 Å². The van der Waals surface area contributed by atoms with Gasteiger partial charge in [0.05, 0.1) is 24.0 Å². The van der Waals surface area contributed by atoms with E-state index in [0.29, 0.717) is 36.5 Å². The summed E-state index contributed by atoms with van der Waals surface area (Å²) in [5, 5.41) is 14.7. The fraction of sp³-hybridized carbons (Fsp3) is 0.393. The van der Waals surface area contributed by atoms with Gasteiger partial charge in [0.2, 0.25) is 17.2 Å². The standard InChI is InChI=1S/C19H15FN2O4.C9H13ClN6/c1-2-7-21-15-9-14(13(20)8-16(15)26-10-17(21)23)22-18(24)11-5-3-4-6-12(11)19(22)25;1-4-12-7-13-6(10)14-8(15-7)16-9(2,3)5-11/h1,8-9H,3-7,10H2;4H2,1-3H3,(H2,12,13,14,15,16). The molecule has 2 N–H and O–H groups in total. The first-order chi connectivity index (χ1) is 20.0. The van der Waals surface area contributed by atoms with Crippen molar-refractivity contribution in [2.75, 3.05) is 40.1 Å². The minimum atomic E-state index is -0.764. The number of ether oxygens (including phenoxy) is 1. The van der Waals surface area contributed by atoms with Crippen molar-refractivity contribution in [2.24, 2.45) is 0 Å². The van der Waals surface area contributed by atoms with Crippen LogP contribution in [0.15, 0.2) is 23.3 Å². The molecule has 218 valence electrons. The van der Waals surface area contributed by atoms with Gasteiger partial charge in [-0.15, -0.1) is 6.42 Å². The maximum Gasteiger partial charge on any atom is 0.265 e. The van der Waals surface area contributed by atoms with Crippen molar-refractivity contribution in [3.8, 4) is 24.2 Å². The van der Waals surface area contributed by atoms with Gasteiger partial charge in [0.1, 0.15) is 11.3 Å². The monoisotopic (exact) mass is 594 g/mol. The summed E-state index contributed by atoms with van der Waals surface area (Å²) in [6.45, 7) is 5.78. The Morgan fingerprint density at radius 2 is 1.74 bits per heavy atom. The highest BCUT2D eigenvalue weighted by Crippen LogP contribution is 2.41. The molecule has 14 heteroatoms. The van der Waals surface area contributed by atoms with Crippen LogP contribution in [0.25, 0.3) is 0 Å². The molecule has 0 atom stereocenters. The predicted octanol–water partition coefficient (Wildman–Crippen LogP) is 3.60. The molecule has 0 bridgehead atoms. The molecule has 1 aromatic carbocycles. The number of imide groups is 1. The Morgan fingerprint density at radius 3 is 2.33 bits per heavy atom. The first-order valence-electron chi connectivity index (χ1n) is 13.2. The van der Waals surface area contributed by atoms with Gasteiger partial charge < -0.3 is 15.4 Å². The summed E-state index contributed by atoms with van der Waals surface area (Å²) in [6, 6.07) is 4.45. The van der Waals surface area contributed by atoms with Gasteiger partial charge in [-0.2, -0.15) is 20.2 Å². The summed E-state index contributed by atoms with van der Waals surface area (Å²) in [5.74, 6) is 1.07. The molecule has 0 radical (unpaired) electrons. The zero-order valence-electron chi connectivity index (χ0n) is 23.3. The average molecular weight is 595 g/mol. The van der Waals surface area contributed by atoms with Crippen LogP contribution in [0.4, 0.5) is 27.7 Å². The van der Waals surface area contributed by atoms with Crippen molar-refractivity contribution in [2.45, 2.75) is 52.0 Å². The number of rotatable bonds is 6. The number of aromatic nitrogens is 3. The van der Waals surface area contributed by atoms with Gasteiger partial charge in [-0.05, 0) is 64.1 Å². The molecule has 2 aromatic rings. The van der Waals surface area contributed by atoms with Crippen LogP contribution in [-0.4, -0.2) is 57.9 Å². The number of halogens is 2. The number of terminal acetylenes is 1. The molecule has 0 spiro atoms. The van der Waals surface area contributed by atoms with E-state index in [4.69, 9.17) is 28.0 Å². The molecular weight excluding hydrogens is 567 g/mol. The van der Waals surface area contributed by atoms with Crippen molar-refractivity contribution in [1.29, 1.82) is 5.26 Å². The SMILES string of the molecule is C#CCN1C(=O)COc2cc(F)c(N3C(=O)C4=C(CCCC4)C3=O)cc21.CCNc1nc(Cl)nc(NC(C)(C)C#N)n1. The molecule has 0 saturated carbocycles. The number of anilines is 4. The number of amides is 3. The molecule has 3 heterocycles. The number of nitriles is 1. The quantitative estimate of drug-likeness (QED) is 0.374. The molecule has 0 saturated heterocycles. The van der Waals surface area contributed by atoms with Crippen molar-refractivity contribution < 1.29 is 23.5 Å². The van der Waals surface area contributed by atoms with Gasteiger partial charge in [0.15, 0.2) is 12.4 Å². The number of benzene rings is 1. The lowest BCUT2D eigenvalue weighted by atomic mass is 9.93. The molecular formula is C28H28ClFN8O4. The number of hydrogen-bond acceptors (Lipinski definition) is 10. The van der Waals surface area contributed by atoms with E-state index in [1.165, 1.54) is 11.0 Å². The second-order valence-corrected chi connectivity index (χ2v) is 10.3. The maximum atomic E-state index is 14.7. The Balaban J connectivity index is 0.000000219. The Hall–Kier alpha value is -4.75. The van der Waals surface area contributed by atoms with E-state index >= 15 is 0 Å². The molecule has 2 aliphatic heterocycles. The molecule has 0 fully saturated rings. The van der Waals surface area contributed by atoms with E-state index in [2.05, 4.69) is 37.6 Å². The average Bonchev–Trinajstić information content (AvgIpc) is 3.20. The third-order valence-electron chi connectivity index (χ3n) is 6.50. The van der Waals surface area contributed by atoms with Gasteiger partial charge >= 0.3 is 0 Å². The van der Waals surface area contributed by atoms with Crippen LogP contribution in [0, 0.1) is 29.5 Å². The van der Waals surface area contributed by atoms with Crippen LogP contribution in [0.1, 0.15) is 46.5 Å². The van der Waals surface area contributed by atoms with E-state index in [0.717, 1.165) is 23.8 Å². The van der Waals surface area contributed by atoms with Crippen LogP contribution in [0.2, 0.25) is 5.28 Å². The van der Waals surface area contributed by atoms with Gasteiger partial charge in [-0.3, -0.25) is 19.3 Å². The van der Waals surface area contributed by atoms with Gasteiger partial charge in [0, 0.05) is 23.8 Å². The molecule has 0 unspecified atom stereocenters. The Kier molecular flexibility index (Phi) is 8.93. The van der Waals surface area contributed by atoms with Crippen molar-refractivity contribution in [3.63, 3.8) is 0 Å². The minimum Gasteiger partial charge on any atom is -0.481 e. The molecule has 3 amide bonds. The summed E-state index contributed by atoms with van der Waals surface area (Å²) in [6.07, 6.45) is 8.01. The lowest BCUT2D eigenvalue weighted by Gasteiger charge is -2.29. The predicted molar refractivity (Wildman–Crippen MR) is 153 cm³/mol. The summed E-state index contributed by atoms with van der Waals surface area (Å²) in [5.41, 5.74) is 0.237. The number of carbonyl (C=O) groups is 3. The zero-order valence-corrected chi connectivity index (χ0v) is 24.0. The van der Waals surface area contributed by atoms with Crippen LogP contribution in [0.3, 0.4) is 0 Å². The maximum absolute atomic E-state index is 14.7. The molecule has 3 aliphatic rings. The first kappa shape index (κ1) is 30.2. The molecule has 42 heavy (non-hydrogen) atoms. The normalized spacial score (nSPS) is 16.0. The lowest BCUT2D eigenvalue weighted by Crippen LogP contribution is -2.39. The zero-order chi connectivity index (χ0) is 30.6. The van der Waals surface area contributed by atoms with Crippen LogP contribution in [-0.2, 0) is 14.4 Å². The third kappa shape index (κ3) is 6.26. The van der Waals surface area contributed by atoms with Crippen LogP contribution >= 0.6 is 11.6 Å². The number of carbonyl (C=O) groups excluding carboxylic acids is 3. The second kappa shape index (κ2) is 12.4. The minimum absolute atomic E-state index is 0.0170. The van der Waals surface area contributed by atoms with Gasteiger partial charge in [-0.1, -0.05) is 5.92 Å². The third-order valence-corrected chi connectivity index (χ3v) is 6.67. The highest BCUT2D eigenvalue weighted by molar-refractivity contribution is 6.33. The Labute approximate surface area is 246 Å². The molecule has 12 nitrogen and oxygen atoms in total. The Morgan fingerprint density at radius 1 is 1.10 bits per heavy atom. The van der Waals surface area contributed by atoms with Crippen molar-refractivity contribution in [1.82, 2.24) is 15.0 Å². The van der Waals surface area contributed by atoms with Crippen molar-refractivity contribution >= 4 is 52.6 Å². The van der Waals surface area contributed by atoms with E-state index in [1.54, 1.807) is 13.8 Å². The highest BCUT2D eigenvalue weighted by Gasteiger charge is 2.41. The van der Waals surface area contributed by atoms with E-state index < -0.39 is 23.2 Å². The van der Waals surface area contributed by atoms with E-state index in [9.17, 15) is 18.8 Å². The van der Waals surface area contributed by atoms with Crippen LogP contribution < -0.4 is 25.2 Å². The summed E-state index contributed by atoms with van der Waals surface area (Å²) >= 11 is 5.73. The van der Waals surface area contributed by atoms with E-state index in [-0.39, 0.29) is 47.4 Å². The van der Waals surface area contributed by atoms with Gasteiger partial charge in [0.25, 0.3) is 17.7 Å². The fourth-order valence-corrected chi connectivity index (χ4v) is 4.72. The lowest BCUT2D eigenvalue weighted by molar-refractivity contribution is -0.121. The van der Waals surface area contributed by atoms with E-state index in [1.807, 2.05) is 6.92 Å². The molecule has 5 rings (SSSR count). The summed E-state index contributed by atoms with van der Waals surface area (Å²) in [4.78, 5) is 51.4. The highest BCUT2D eigenvalue weighted by atomic mass is 35.5. The largest absolute Gasteiger partial charge is 0.481 e. The molecule has 1 aliphatic carbocycles. The number of nitrogens with one attached hydrogen (secondary N) is 2. The number of hydrogen-bond donors (Lipinski definition) is 2. The first-order valence-corrected chi connectivity index (χ1v) is 13.5. The number of fused-ring (bicyclic) bond motifs is 1. The topological polar surface area (TPSA) is 153 Å². The summed E-state index contributed by atoms with van der Waals surface area (Å²) in [7, 11) is 0. The smallest absolute Gasteiger partial charge is 0.265 e. The second-order valence-electron chi connectivity index (χ2n) is 10.00. The van der Waals surface area contributed by atoms with Crippen molar-refractivity contribution in [3.05, 3.63) is 34.4 Å². The molecule has 1 aromatic heterocycles. The summed E-state index contributed by atoms with van der Waals surface area (Å²) < 4.78 is 19.9. The number of nitrogens with zero attached hydrogens (tertiary/aromatic N) is 6.